The van der Waals surface area contributed by atoms with E-state index in [9.17, 15) is 13.2 Å². The van der Waals surface area contributed by atoms with Gasteiger partial charge in [-0.1, -0.05) is 29.8 Å². The van der Waals surface area contributed by atoms with E-state index in [-0.39, 0.29) is 0 Å². The van der Waals surface area contributed by atoms with Gasteiger partial charge in [-0.3, -0.25) is 0 Å². The molecule has 0 saturated carbocycles. The summed E-state index contributed by atoms with van der Waals surface area (Å²) in [5, 5.41) is 0.437. The van der Waals surface area contributed by atoms with Crippen molar-refractivity contribution in [3.05, 3.63) is 34.9 Å². The van der Waals surface area contributed by atoms with Gasteiger partial charge in [-0.25, -0.2) is 0 Å². The Labute approximate surface area is 109 Å². The lowest BCUT2D eigenvalue weighted by atomic mass is 10.0. The van der Waals surface area contributed by atoms with E-state index in [0.717, 1.165) is 0 Å². The van der Waals surface area contributed by atoms with Gasteiger partial charge in [0.2, 0.25) is 0 Å². The van der Waals surface area contributed by atoms with Crippen LogP contribution in [-0.2, 0) is 4.74 Å². The molecule has 2 nitrogen and oxygen atoms in total. The normalized spacial score (nSPS) is 15.4. The van der Waals surface area contributed by atoms with Gasteiger partial charge in [-0.05, 0) is 13.0 Å². The van der Waals surface area contributed by atoms with Crippen LogP contribution in [0.15, 0.2) is 24.3 Å². The Bertz CT molecular complexity index is 382. The molecule has 0 bridgehead atoms. The zero-order valence-electron chi connectivity index (χ0n) is 9.88. The van der Waals surface area contributed by atoms with Crippen molar-refractivity contribution in [1.82, 2.24) is 0 Å². The summed E-state index contributed by atoms with van der Waals surface area (Å²) in [7, 11) is 0. The number of hydrogen-bond donors (Lipinski definition) is 1. The van der Waals surface area contributed by atoms with Gasteiger partial charge in [-0.2, -0.15) is 13.2 Å². The maximum Gasteiger partial charge on any atom is 0.391 e. The molecule has 2 atom stereocenters. The first-order chi connectivity index (χ1) is 8.31. The van der Waals surface area contributed by atoms with Crippen LogP contribution in [0.5, 0.6) is 0 Å². The van der Waals surface area contributed by atoms with Crippen LogP contribution in [0.2, 0.25) is 5.02 Å². The summed E-state index contributed by atoms with van der Waals surface area (Å²) >= 11 is 5.97. The fraction of sp³-hybridized carbons (Fsp3) is 0.500. The molecule has 0 amide bonds. The molecule has 2 unspecified atom stereocenters. The Balaban J connectivity index is 2.70. The van der Waals surface area contributed by atoms with Crippen molar-refractivity contribution in [1.29, 1.82) is 0 Å². The van der Waals surface area contributed by atoms with E-state index in [1.54, 1.807) is 31.2 Å². The largest absolute Gasteiger partial charge is 0.391 e. The van der Waals surface area contributed by atoms with Crippen LogP contribution in [0, 0.1) is 0 Å². The fourth-order valence-corrected chi connectivity index (χ4v) is 1.78. The molecular formula is C12H15ClF3NO. The van der Waals surface area contributed by atoms with Gasteiger partial charge in [-0.15, -0.1) is 0 Å². The molecule has 0 aliphatic carbocycles. The molecular weight excluding hydrogens is 267 g/mol. The zero-order chi connectivity index (χ0) is 13.8. The van der Waals surface area contributed by atoms with Crippen molar-refractivity contribution in [2.75, 3.05) is 6.61 Å². The molecule has 0 heterocycles. The van der Waals surface area contributed by atoms with Crippen molar-refractivity contribution in [3.63, 3.8) is 0 Å². The number of alkyl halides is 3. The standard InChI is InChI=1S/C12H15ClF3NO/c1-8(17)11(18-7-6-12(14,15)16)9-4-2-3-5-10(9)13/h2-5,8,11H,6-7,17H2,1H3. The molecule has 2 N–H and O–H groups in total. The van der Waals surface area contributed by atoms with E-state index in [1.807, 2.05) is 0 Å². The predicted octanol–water partition coefficient (Wildman–Crippen LogP) is 3.70. The molecule has 0 saturated heterocycles. The van der Waals surface area contributed by atoms with Gasteiger partial charge in [0, 0.05) is 16.6 Å². The van der Waals surface area contributed by atoms with Crippen molar-refractivity contribution in [3.8, 4) is 0 Å². The van der Waals surface area contributed by atoms with E-state index in [2.05, 4.69) is 0 Å². The van der Waals surface area contributed by atoms with Crippen LogP contribution in [0.3, 0.4) is 0 Å². The fourth-order valence-electron chi connectivity index (χ4n) is 1.53. The highest BCUT2D eigenvalue weighted by molar-refractivity contribution is 6.31. The molecule has 0 spiro atoms. The first kappa shape index (κ1) is 15.3. The summed E-state index contributed by atoms with van der Waals surface area (Å²) in [4.78, 5) is 0. The third-order valence-corrected chi connectivity index (χ3v) is 2.72. The predicted molar refractivity (Wildman–Crippen MR) is 64.5 cm³/mol. The van der Waals surface area contributed by atoms with Crippen LogP contribution in [0.25, 0.3) is 0 Å². The molecule has 0 aliphatic rings. The maximum absolute atomic E-state index is 12.1. The third-order valence-electron chi connectivity index (χ3n) is 2.37. The van der Waals surface area contributed by atoms with Gasteiger partial charge >= 0.3 is 6.18 Å². The number of halogens is 4. The highest BCUT2D eigenvalue weighted by Crippen LogP contribution is 2.28. The Morgan fingerprint density at radius 2 is 1.94 bits per heavy atom. The molecule has 1 aromatic carbocycles. The summed E-state index contributed by atoms with van der Waals surface area (Å²) in [5.41, 5.74) is 6.33. The second-order valence-corrected chi connectivity index (χ2v) is 4.44. The average molecular weight is 282 g/mol. The van der Waals surface area contributed by atoms with Gasteiger partial charge in [0.25, 0.3) is 0 Å². The molecule has 0 aliphatic heterocycles. The Hall–Kier alpha value is -0.780. The lowest BCUT2D eigenvalue weighted by Gasteiger charge is -2.23. The third kappa shape index (κ3) is 4.84. The Morgan fingerprint density at radius 3 is 2.44 bits per heavy atom. The molecule has 0 radical (unpaired) electrons. The minimum Gasteiger partial charge on any atom is -0.372 e. The Morgan fingerprint density at radius 1 is 1.33 bits per heavy atom. The van der Waals surface area contributed by atoms with Crippen molar-refractivity contribution < 1.29 is 17.9 Å². The van der Waals surface area contributed by atoms with Crippen LogP contribution in [0.4, 0.5) is 13.2 Å². The SMILES string of the molecule is CC(N)C(OCCC(F)(F)F)c1ccccc1Cl. The second-order valence-electron chi connectivity index (χ2n) is 4.04. The van der Waals surface area contributed by atoms with E-state index in [4.69, 9.17) is 22.1 Å². The van der Waals surface area contributed by atoms with Crippen LogP contribution in [-0.4, -0.2) is 18.8 Å². The minimum absolute atomic E-state index is 0.430. The minimum atomic E-state index is -4.23. The molecule has 1 aromatic rings. The topological polar surface area (TPSA) is 35.2 Å². The van der Waals surface area contributed by atoms with Gasteiger partial charge in [0.1, 0.15) is 0 Å². The number of benzene rings is 1. The van der Waals surface area contributed by atoms with E-state index >= 15 is 0 Å². The maximum atomic E-state index is 12.1. The first-order valence-electron chi connectivity index (χ1n) is 5.49. The monoisotopic (exact) mass is 281 g/mol. The van der Waals surface area contributed by atoms with E-state index in [0.29, 0.717) is 10.6 Å². The van der Waals surface area contributed by atoms with E-state index < -0.39 is 31.3 Å². The highest BCUT2D eigenvalue weighted by atomic mass is 35.5. The molecule has 0 aromatic heterocycles. The van der Waals surface area contributed by atoms with Crippen molar-refractivity contribution in [2.24, 2.45) is 5.73 Å². The molecule has 6 heteroatoms. The summed E-state index contributed by atoms with van der Waals surface area (Å²) in [5.74, 6) is 0. The summed E-state index contributed by atoms with van der Waals surface area (Å²) in [6, 6.07) is 6.38. The molecule has 1 rings (SSSR count). The van der Waals surface area contributed by atoms with Crippen molar-refractivity contribution in [2.45, 2.75) is 31.7 Å². The van der Waals surface area contributed by atoms with Crippen molar-refractivity contribution >= 4 is 11.6 Å². The average Bonchev–Trinajstić information content (AvgIpc) is 2.24. The van der Waals surface area contributed by atoms with Crippen LogP contribution >= 0.6 is 11.6 Å². The second kappa shape index (κ2) is 6.41. The lowest BCUT2D eigenvalue weighted by Crippen LogP contribution is -2.28. The zero-order valence-corrected chi connectivity index (χ0v) is 10.6. The smallest absolute Gasteiger partial charge is 0.372 e. The van der Waals surface area contributed by atoms with Gasteiger partial charge in [0.15, 0.2) is 0 Å². The first-order valence-corrected chi connectivity index (χ1v) is 5.87. The number of nitrogens with two attached hydrogens (primary N) is 1. The van der Waals surface area contributed by atoms with E-state index in [1.165, 1.54) is 0 Å². The Kier molecular flexibility index (Phi) is 5.44. The number of rotatable bonds is 5. The molecule has 18 heavy (non-hydrogen) atoms. The number of hydrogen-bond acceptors (Lipinski definition) is 2. The molecule has 0 fully saturated rings. The summed E-state index contributed by atoms with van der Waals surface area (Å²) in [6.45, 7) is 1.24. The molecule has 102 valence electrons. The summed E-state index contributed by atoms with van der Waals surface area (Å²) in [6.07, 6.45) is -5.87. The quantitative estimate of drug-likeness (QED) is 0.893. The highest BCUT2D eigenvalue weighted by Gasteiger charge is 2.28. The van der Waals surface area contributed by atoms with Gasteiger partial charge < -0.3 is 10.5 Å². The number of ether oxygens (including phenoxy) is 1. The lowest BCUT2D eigenvalue weighted by molar-refractivity contribution is -0.150. The van der Waals surface area contributed by atoms with Gasteiger partial charge in [0.05, 0.1) is 19.1 Å². The van der Waals surface area contributed by atoms with Crippen LogP contribution in [0.1, 0.15) is 25.0 Å². The summed E-state index contributed by atoms with van der Waals surface area (Å²) < 4.78 is 41.4. The van der Waals surface area contributed by atoms with Crippen LogP contribution < -0.4 is 5.73 Å².